The van der Waals surface area contributed by atoms with E-state index < -0.39 is 0 Å². The van der Waals surface area contributed by atoms with E-state index in [-0.39, 0.29) is 5.54 Å². The maximum absolute atomic E-state index is 3.57. The van der Waals surface area contributed by atoms with Gasteiger partial charge in [0.1, 0.15) is 0 Å². The minimum Gasteiger partial charge on any atom is -0.307 e. The molecule has 0 amide bonds. The molecule has 0 bridgehead atoms. The quantitative estimate of drug-likeness (QED) is 0.801. The third-order valence-corrected chi connectivity index (χ3v) is 4.72. The predicted molar refractivity (Wildman–Crippen MR) is 91.4 cm³/mol. The summed E-state index contributed by atoms with van der Waals surface area (Å²) in [6.07, 6.45) is 1.26. The molecule has 0 aliphatic heterocycles. The highest BCUT2D eigenvalue weighted by atomic mass is 32.1. The maximum Gasteiger partial charge on any atom is 0.0304 e. The summed E-state index contributed by atoms with van der Waals surface area (Å²) < 4.78 is 0. The van der Waals surface area contributed by atoms with Crippen molar-refractivity contribution in [2.24, 2.45) is 5.92 Å². The molecule has 1 unspecified atom stereocenters. The van der Waals surface area contributed by atoms with Crippen molar-refractivity contribution < 1.29 is 0 Å². The fourth-order valence-electron chi connectivity index (χ4n) is 2.20. The van der Waals surface area contributed by atoms with Gasteiger partial charge in [0.15, 0.2) is 0 Å². The van der Waals surface area contributed by atoms with Crippen LogP contribution in [0.4, 0.5) is 0 Å². The van der Waals surface area contributed by atoms with Crippen LogP contribution in [0.15, 0.2) is 6.07 Å². The van der Waals surface area contributed by atoms with Crippen molar-refractivity contribution in [3.63, 3.8) is 0 Å². The van der Waals surface area contributed by atoms with Crippen molar-refractivity contribution in [1.82, 2.24) is 10.2 Å². The summed E-state index contributed by atoms with van der Waals surface area (Å²) in [5.41, 5.74) is 1.68. The predicted octanol–water partition coefficient (Wildman–Crippen LogP) is 4.42. The van der Waals surface area contributed by atoms with Crippen LogP contribution in [-0.4, -0.2) is 24.0 Å². The molecule has 1 N–H and O–H groups in total. The van der Waals surface area contributed by atoms with Gasteiger partial charge in [-0.05, 0) is 52.3 Å². The van der Waals surface area contributed by atoms with Crippen molar-refractivity contribution in [2.45, 2.75) is 66.6 Å². The highest BCUT2D eigenvalue weighted by molar-refractivity contribution is 7.12. The SMILES string of the molecule is CCC(C)CN(C)Cc1cc(CNC(C)(C)C)sc1C. The largest absolute Gasteiger partial charge is 0.307 e. The molecule has 1 atom stereocenters. The molecule has 116 valence electrons. The van der Waals surface area contributed by atoms with Crippen molar-refractivity contribution >= 4 is 11.3 Å². The van der Waals surface area contributed by atoms with E-state index >= 15 is 0 Å². The van der Waals surface area contributed by atoms with Gasteiger partial charge in [-0.3, -0.25) is 0 Å². The molecule has 0 saturated heterocycles. The molecular formula is C17H32N2S. The number of hydrogen-bond acceptors (Lipinski definition) is 3. The van der Waals surface area contributed by atoms with E-state index in [1.54, 1.807) is 0 Å². The van der Waals surface area contributed by atoms with E-state index in [1.165, 1.54) is 28.3 Å². The summed E-state index contributed by atoms with van der Waals surface area (Å²) in [4.78, 5) is 5.36. The topological polar surface area (TPSA) is 15.3 Å². The van der Waals surface area contributed by atoms with Crippen LogP contribution in [0.3, 0.4) is 0 Å². The molecule has 0 radical (unpaired) electrons. The number of thiophene rings is 1. The Hall–Kier alpha value is -0.380. The van der Waals surface area contributed by atoms with Gasteiger partial charge in [-0.15, -0.1) is 11.3 Å². The van der Waals surface area contributed by atoms with Crippen LogP contribution in [0, 0.1) is 12.8 Å². The summed E-state index contributed by atoms with van der Waals surface area (Å²) in [7, 11) is 2.23. The Morgan fingerprint density at radius 2 is 2.00 bits per heavy atom. The first kappa shape index (κ1) is 17.7. The average molecular weight is 297 g/mol. The molecule has 0 spiro atoms. The monoisotopic (exact) mass is 296 g/mol. The van der Waals surface area contributed by atoms with Crippen LogP contribution in [0.1, 0.15) is 56.4 Å². The second kappa shape index (κ2) is 7.58. The second-order valence-corrected chi connectivity index (χ2v) is 8.45. The van der Waals surface area contributed by atoms with Gasteiger partial charge in [0, 0.05) is 34.9 Å². The summed E-state index contributed by atoms with van der Waals surface area (Å²) in [5.74, 6) is 0.779. The van der Waals surface area contributed by atoms with Crippen molar-refractivity contribution in [2.75, 3.05) is 13.6 Å². The second-order valence-electron chi connectivity index (χ2n) is 7.11. The van der Waals surface area contributed by atoms with Crippen molar-refractivity contribution in [3.05, 3.63) is 21.4 Å². The lowest BCUT2D eigenvalue weighted by Gasteiger charge is -2.20. The van der Waals surface area contributed by atoms with Crippen LogP contribution < -0.4 is 5.32 Å². The molecule has 0 saturated carbocycles. The number of nitrogens with one attached hydrogen (secondary N) is 1. The number of hydrogen-bond donors (Lipinski definition) is 1. The Kier molecular flexibility index (Phi) is 6.70. The van der Waals surface area contributed by atoms with E-state index in [0.29, 0.717) is 0 Å². The Bertz CT molecular complexity index is 404. The summed E-state index contributed by atoms with van der Waals surface area (Å²) in [5, 5.41) is 3.57. The highest BCUT2D eigenvalue weighted by Gasteiger charge is 2.12. The molecule has 1 aromatic rings. The van der Waals surface area contributed by atoms with Gasteiger partial charge in [-0.25, -0.2) is 0 Å². The molecule has 0 aromatic carbocycles. The van der Waals surface area contributed by atoms with E-state index in [1.807, 2.05) is 11.3 Å². The standard InChI is InChI=1S/C17H32N2S/c1-8-13(2)11-19(7)12-15-9-16(20-14(15)3)10-18-17(4,5)6/h9,13,18H,8,10-12H2,1-7H3. The van der Waals surface area contributed by atoms with E-state index in [9.17, 15) is 0 Å². The molecule has 1 aromatic heterocycles. The molecule has 0 fully saturated rings. The molecule has 3 heteroatoms. The van der Waals surface area contributed by atoms with Gasteiger partial charge >= 0.3 is 0 Å². The molecule has 20 heavy (non-hydrogen) atoms. The lowest BCUT2D eigenvalue weighted by atomic mass is 10.1. The smallest absolute Gasteiger partial charge is 0.0304 e. The van der Waals surface area contributed by atoms with Gasteiger partial charge in [-0.1, -0.05) is 20.3 Å². The minimum absolute atomic E-state index is 0.186. The van der Waals surface area contributed by atoms with E-state index in [0.717, 1.165) is 19.0 Å². The molecule has 0 aliphatic carbocycles. The van der Waals surface area contributed by atoms with Crippen LogP contribution in [0.2, 0.25) is 0 Å². The van der Waals surface area contributed by atoms with Crippen LogP contribution in [0.25, 0.3) is 0 Å². The fraction of sp³-hybridized carbons (Fsp3) is 0.765. The fourth-order valence-corrected chi connectivity index (χ4v) is 3.19. The van der Waals surface area contributed by atoms with Gasteiger partial charge in [-0.2, -0.15) is 0 Å². The summed E-state index contributed by atoms with van der Waals surface area (Å²) in [6, 6.07) is 2.38. The number of aryl methyl sites for hydroxylation is 1. The normalized spacial score (nSPS) is 14.0. The Morgan fingerprint density at radius 3 is 2.55 bits per heavy atom. The third-order valence-electron chi connectivity index (χ3n) is 3.63. The first-order chi connectivity index (χ1) is 9.21. The molecule has 2 nitrogen and oxygen atoms in total. The summed E-state index contributed by atoms with van der Waals surface area (Å²) >= 11 is 1.93. The van der Waals surface area contributed by atoms with Crippen LogP contribution in [-0.2, 0) is 13.1 Å². The molecule has 1 heterocycles. The zero-order valence-corrected chi connectivity index (χ0v) is 15.2. The first-order valence-corrected chi connectivity index (χ1v) is 8.54. The zero-order chi connectivity index (χ0) is 15.3. The van der Waals surface area contributed by atoms with Gasteiger partial charge in [0.25, 0.3) is 0 Å². The molecule has 1 rings (SSSR count). The lowest BCUT2D eigenvalue weighted by molar-refractivity contribution is 0.275. The van der Waals surface area contributed by atoms with Crippen LogP contribution >= 0.6 is 11.3 Å². The van der Waals surface area contributed by atoms with Crippen molar-refractivity contribution in [1.29, 1.82) is 0 Å². The molecule has 0 aliphatic rings. The minimum atomic E-state index is 0.186. The Morgan fingerprint density at radius 1 is 1.35 bits per heavy atom. The third kappa shape index (κ3) is 6.38. The van der Waals surface area contributed by atoms with Crippen molar-refractivity contribution in [3.8, 4) is 0 Å². The van der Waals surface area contributed by atoms with Gasteiger partial charge < -0.3 is 10.2 Å². The van der Waals surface area contributed by atoms with E-state index in [4.69, 9.17) is 0 Å². The van der Waals surface area contributed by atoms with Gasteiger partial charge in [0.05, 0.1) is 0 Å². The number of rotatable bonds is 7. The summed E-state index contributed by atoms with van der Waals surface area (Å²) in [6.45, 7) is 16.7. The average Bonchev–Trinajstić information content (AvgIpc) is 2.66. The number of nitrogens with zero attached hydrogens (tertiary/aromatic N) is 1. The zero-order valence-electron chi connectivity index (χ0n) is 14.3. The van der Waals surface area contributed by atoms with E-state index in [2.05, 4.69) is 64.9 Å². The van der Waals surface area contributed by atoms with Crippen LogP contribution in [0.5, 0.6) is 0 Å². The molecular weight excluding hydrogens is 264 g/mol. The highest BCUT2D eigenvalue weighted by Crippen LogP contribution is 2.23. The Balaban J connectivity index is 2.57. The first-order valence-electron chi connectivity index (χ1n) is 7.73. The lowest BCUT2D eigenvalue weighted by Crippen LogP contribution is -2.34. The van der Waals surface area contributed by atoms with Gasteiger partial charge in [0.2, 0.25) is 0 Å². The maximum atomic E-state index is 3.57. The Labute approximate surface area is 129 Å².